The van der Waals surface area contributed by atoms with E-state index in [1.807, 2.05) is 37.3 Å². The molecule has 4 nitrogen and oxygen atoms in total. The van der Waals surface area contributed by atoms with Crippen molar-refractivity contribution in [2.24, 2.45) is 5.92 Å². The van der Waals surface area contributed by atoms with Gasteiger partial charge in [0.25, 0.3) is 0 Å². The van der Waals surface area contributed by atoms with Crippen molar-refractivity contribution in [1.29, 1.82) is 0 Å². The van der Waals surface area contributed by atoms with Crippen LogP contribution in [-0.2, 0) is 4.79 Å². The Morgan fingerprint density at radius 2 is 2.00 bits per heavy atom. The zero-order chi connectivity index (χ0) is 18.5. The molecule has 2 atom stereocenters. The van der Waals surface area contributed by atoms with Gasteiger partial charge in [-0.25, -0.2) is 0 Å². The molecule has 1 fully saturated rings. The predicted molar refractivity (Wildman–Crippen MR) is 106 cm³/mol. The Hall–Kier alpha value is -1.85. The fourth-order valence-electron chi connectivity index (χ4n) is 3.64. The molecule has 1 aliphatic rings. The van der Waals surface area contributed by atoms with Gasteiger partial charge in [-0.15, -0.1) is 0 Å². The minimum Gasteiger partial charge on any atom is -0.494 e. The number of aliphatic carboxylic acids is 1. The van der Waals surface area contributed by atoms with E-state index in [1.54, 1.807) is 0 Å². The molecule has 0 aromatic heterocycles. The molecule has 0 spiro atoms. The summed E-state index contributed by atoms with van der Waals surface area (Å²) >= 11 is 3.68. The topological polar surface area (TPSA) is 49.8 Å². The van der Waals surface area contributed by atoms with Crippen molar-refractivity contribution in [2.75, 3.05) is 19.7 Å². The lowest BCUT2D eigenvalue weighted by molar-refractivity contribution is -0.143. The minimum atomic E-state index is -0.702. The molecule has 138 valence electrons. The number of carboxylic acids is 1. The second-order valence-electron chi connectivity index (χ2n) is 6.60. The lowest BCUT2D eigenvalue weighted by atomic mass is 9.91. The molecule has 1 N–H and O–H groups in total. The van der Waals surface area contributed by atoms with Gasteiger partial charge in [0.05, 0.1) is 18.6 Å². The van der Waals surface area contributed by atoms with Gasteiger partial charge in [-0.1, -0.05) is 46.3 Å². The van der Waals surface area contributed by atoms with Crippen LogP contribution >= 0.6 is 15.9 Å². The van der Waals surface area contributed by atoms with E-state index < -0.39 is 5.97 Å². The van der Waals surface area contributed by atoms with Gasteiger partial charge >= 0.3 is 5.97 Å². The van der Waals surface area contributed by atoms with Crippen molar-refractivity contribution in [2.45, 2.75) is 25.8 Å². The van der Waals surface area contributed by atoms with E-state index in [2.05, 4.69) is 39.0 Å². The smallest absolute Gasteiger partial charge is 0.307 e. The molecule has 0 aliphatic carbocycles. The van der Waals surface area contributed by atoms with Gasteiger partial charge in [0.1, 0.15) is 5.75 Å². The van der Waals surface area contributed by atoms with Crippen molar-refractivity contribution in [3.63, 3.8) is 0 Å². The number of carbonyl (C=O) groups is 1. The van der Waals surface area contributed by atoms with Crippen LogP contribution in [0, 0.1) is 5.92 Å². The highest BCUT2D eigenvalue weighted by atomic mass is 79.9. The number of likely N-dealkylation sites (tertiary alicyclic amines) is 1. The second kappa shape index (κ2) is 8.69. The van der Waals surface area contributed by atoms with E-state index in [1.165, 1.54) is 0 Å². The Kier molecular flexibility index (Phi) is 6.33. The van der Waals surface area contributed by atoms with E-state index in [9.17, 15) is 9.90 Å². The Bertz CT molecular complexity index is 747. The van der Waals surface area contributed by atoms with Crippen LogP contribution in [0.3, 0.4) is 0 Å². The van der Waals surface area contributed by atoms with Crippen LogP contribution in [0.4, 0.5) is 0 Å². The fraction of sp³-hybridized carbons (Fsp3) is 0.381. The van der Waals surface area contributed by atoms with Crippen LogP contribution in [0.5, 0.6) is 5.75 Å². The molecule has 5 heteroatoms. The zero-order valence-electron chi connectivity index (χ0n) is 14.9. The summed E-state index contributed by atoms with van der Waals surface area (Å²) < 4.78 is 6.60. The van der Waals surface area contributed by atoms with Gasteiger partial charge in [-0.2, -0.15) is 0 Å². The predicted octanol–water partition coefficient (Wildman–Crippen LogP) is 4.73. The van der Waals surface area contributed by atoms with Crippen LogP contribution in [0.2, 0.25) is 0 Å². The first kappa shape index (κ1) is 18.9. The fourth-order valence-corrected chi connectivity index (χ4v) is 4.14. The zero-order valence-corrected chi connectivity index (χ0v) is 16.5. The van der Waals surface area contributed by atoms with E-state index >= 15 is 0 Å². The van der Waals surface area contributed by atoms with Crippen LogP contribution in [0.1, 0.15) is 36.9 Å². The number of nitrogens with zero attached hydrogens (tertiary/aromatic N) is 1. The summed E-state index contributed by atoms with van der Waals surface area (Å²) in [5.41, 5.74) is 2.30. The Balaban J connectivity index is 1.97. The Morgan fingerprint density at radius 3 is 2.65 bits per heavy atom. The highest BCUT2D eigenvalue weighted by Gasteiger charge is 2.32. The number of rotatable bonds is 6. The SMILES string of the molecule is CCOc1ccc(C(c2ccccc2Br)N2CCCC(C(=O)O)C2)cc1. The van der Waals surface area contributed by atoms with Gasteiger partial charge in [-0.3, -0.25) is 9.69 Å². The molecule has 0 radical (unpaired) electrons. The average Bonchev–Trinajstić information content (AvgIpc) is 2.65. The number of hydrogen-bond donors (Lipinski definition) is 1. The van der Waals surface area contributed by atoms with Gasteiger partial charge in [0, 0.05) is 11.0 Å². The summed E-state index contributed by atoms with van der Waals surface area (Å²) in [4.78, 5) is 13.8. The number of benzene rings is 2. The van der Waals surface area contributed by atoms with Crippen LogP contribution in [0.15, 0.2) is 53.0 Å². The monoisotopic (exact) mass is 417 g/mol. The highest BCUT2D eigenvalue weighted by Crippen LogP contribution is 2.36. The van der Waals surface area contributed by atoms with Crippen molar-refractivity contribution < 1.29 is 14.6 Å². The van der Waals surface area contributed by atoms with Gasteiger partial charge in [-0.05, 0) is 55.6 Å². The number of ether oxygens (including phenoxy) is 1. The number of hydrogen-bond acceptors (Lipinski definition) is 3. The van der Waals surface area contributed by atoms with E-state index in [-0.39, 0.29) is 12.0 Å². The first-order valence-corrected chi connectivity index (χ1v) is 9.83. The molecule has 2 unspecified atom stereocenters. The molecular weight excluding hydrogens is 394 g/mol. The van der Waals surface area contributed by atoms with Crippen LogP contribution in [-0.4, -0.2) is 35.7 Å². The Labute approximate surface area is 162 Å². The van der Waals surface area contributed by atoms with Crippen molar-refractivity contribution in [1.82, 2.24) is 4.90 Å². The van der Waals surface area contributed by atoms with E-state index in [4.69, 9.17) is 4.74 Å². The van der Waals surface area contributed by atoms with Crippen molar-refractivity contribution in [3.8, 4) is 5.75 Å². The largest absolute Gasteiger partial charge is 0.494 e. The van der Waals surface area contributed by atoms with Gasteiger partial charge < -0.3 is 9.84 Å². The summed E-state index contributed by atoms with van der Waals surface area (Å²) in [6.45, 7) is 4.06. The minimum absolute atomic E-state index is 0.0170. The third kappa shape index (κ3) is 4.27. The average molecular weight is 418 g/mol. The number of halogens is 1. The summed E-state index contributed by atoms with van der Waals surface area (Å²) in [7, 11) is 0. The molecule has 26 heavy (non-hydrogen) atoms. The third-order valence-electron chi connectivity index (χ3n) is 4.87. The lowest BCUT2D eigenvalue weighted by Gasteiger charge is -2.38. The molecule has 1 saturated heterocycles. The number of piperidine rings is 1. The van der Waals surface area contributed by atoms with E-state index in [0.29, 0.717) is 13.2 Å². The third-order valence-corrected chi connectivity index (χ3v) is 5.60. The molecular formula is C21H24BrNO3. The second-order valence-corrected chi connectivity index (χ2v) is 7.45. The molecule has 0 amide bonds. The van der Waals surface area contributed by atoms with Gasteiger partial charge in [0.15, 0.2) is 0 Å². The first-order valence-electron chi connectivity index (χ1n) is 9.04. The van der Waals surface area contributed by atoms with Crippen LogP contribution in [0.25, 0.3) is 0 Å². The normalized spacial score (nSPS) is 19.1. The maximum absolute atomic E-state index is 11.5. The van der Waals surface area contributed by atoms with Crippen molar-refractivity contribution >= 4 is 21.9 Å². The molecule has 2 aromatic rings. The molecule has 1 heterocycles. The molecule has 0 saturated carbocycles. The lowest BCUT2D eigenvalue weighted by Crippen LogP contribution is -2.41. The number of carboxylic acid groups (broad SMARTS) is 1. The summed E-state index contributed by atoms with van der Waals surface area (Å²) in [6.07, 6.45) is 1.65. The Morgan fingerprint density at radius 1 is 1.27 bits per heavy atom. The molecule has 1 aliphatic heterocycles. The first-order chi connectivity index (χ1) is 12.6. The standard InChI is InChI=1S/C21H24BrNO3/c1-2-26-17-11-9-15(10-12-17)20(18-7-3-4-8-19(18)22)23-13-5-6-16(14-23)21(24)25/h3-4,7-12,16,20H,2,5-6,13-14H2,1H3,(H,24,25). The molecule has 3 rings (SSSR count). The summed E-state index contributed by atoms with van der Waals surface area (Å²) in [6, 6.07) is 16.3. The maximum atomic E-state index is 11.5. The molecule has 0 bridgehead atoms. The maximum Gasteiger partial charge on any atom is 0.307 e. The highest BCUT2D eigenvalue weighted by molar-refractivity contribution is 9.10. The quantitative estimate of drug-likeness (QED) is 0.737. The van der Waals surface area contributed by atoms with E-state index in [0.717, 1.165) is 40.7 Å². The summed E-state index contributed by atoms with van der Waals surface area (Å²) in [5.74, 6) is -0.159. The van der Waals surface area contributed by atoms with Crippen molar-refractivity contribution in [3.05, 3.63) is 64.1 Å². The van der Waals surface area contributed by atoms with Gasteiger partial charge in [0.2, 0.25) is 0 Å². The van der Waals surface area contributed by atoms with Crippen LogP contribution < -0.4 is 4.74 Å². The summed E-state index contributed by atoms with van der Waals surface area (Å²) in [5, 5.41) is 9.48. The molecule has 2 aromatic carbocycles.